The van der Waals surface area contributed by atoms with Gasteiger partial charge in [-0.3, -0.25) is 9.50 Å². The number of hydrogen-bond donors (Lipinski definition) is 2. The fraction of sp³-hybridized carbons (Fsp3) is 0.133. The summed E-state index contributed by atoms with van der Waals surface area (Å²) in [4.78, 5) is 10.7. The minimum Gasteiger partial charge on any atom is -0.465 e. The highest BCUT2D eigenvalue weighted by atomic mass is 32.2. The Morgan fingerprint density at radius 3 is 2.50 bits per heavy atom. The molecule has 7 heteroatoms. The molecule has 0 heterocycles. The molecule has 0 bridgehead atoms. The maximum atomic E-state index is 12.0. The van der Waals surface area contributed by atoms with Crippen molar-refractivity contribution in [3.8, 4) is 0 Å². The van der Waals surface area contributed by atoms with Gasteiger partial charge in [-0.05, 0) is 36.8 Å². The Hall–Kier alpha value is -2.38. The minimum absolute atomic E-state index is 0.0814. The maximum absolute atomic E-state index is 12.0. The summed E-state index contributed by atoms with van der Waals surface area (Å²) in [6.45, 7) is 1.68. The van der Waals surface area contributed by atoms with Crippen molar-refractivity contribution in [2.24, 2.45) is 0 Å². The molecule has 0 atom stereocenters. The average molecular weight is 321 g/mol. The normalized spacial score (nSPS) is 11.1. The van der Waals surface area contributed by atoms with E-state index in [-0.39, 0.29) is 11.5 Å². The highest BCUT2D eigenvalue weighted by Gasteiger charge is 2.15. The first-order valence-electron chi connectivity index (χ1n) is 6.42. The van der Waals surface area contributed by atoms with Crippen LogP contribution >= 0.6 is 0 Å². The molecule has 0 fully saturated rings. The van der Waals surface area contributed by atoms with Crippen LogP contribution < -0.4 is 5.32 Å². The molecule has 0 aliphatic heterocycles. The van der Waals surface area contributed by atoms with Crippen LogP contribution in [0, 0.1) is 6.92 Å². The number of rotatable bonds is 5. The Morgan fingerprint density at radius 2 is 1.86 bits per heavy atom. The number of anilines is 1. The predicted octanol–water partition coefficient (Wildman–Crippen LogP) is 2.99. The summed E-state index contributed by atoms with van der Waals surface area (Å²) in [5.74, 6) is 0. The molecule has 0 saturated heterocycles. The first kappa shape index (κ1) is 16.0. The molecule has 6 nitrogen and oxygen atoms in total. The first-order chi connectivity index (χ1) is 10.4. The monoisotopic (exact) mass is 321 g/mol. The van der Waals surface area contributed by atoms with E-state index < -0.39 is 16.2 Å². The van der Waals surface area contributed by atoms with E-state index in [0.29, 0.717) is 11.3 Å². The lowest BCUT2D eigenvalue weighted by atomic mass is 10.2. The molecule has 0 unspecified atom stereocenters. The van der Waals surface area contributed by atoms with Crippen LogP contribution in [0.5, 0.6) is 0 Å². The molecular formula is C15H15NO5S. The van der Waals surface area contributed by atoms with Crippen molar-refractivity contribution in [3.05, 3.63) is 59.7 Å². The number of amides is 1. The van der Waals surface area contributed by atoms with Gasteiger partial charge in [-0.15, -0.1) is 0 Å². The molecule has 0 aromatic heterocycles. The molecule has 0 radical (unpaired) electrons. The summed E-state index contributed by atoms with van der Waals surface area (Å²) in [7, 11) is -3.85. The molecular weight excluding hydrogens is 306 g/mol. The van der Waals surface area contributed by atoms with Crippen LogP contribution in [0.25, 0.3) is 0 Å². The van der Waals surface area contributed by atoms with Gasteiger partial charge in [0.15, 0.2) is 0 Å². The number of aryl methyl sites for hydroxylation is 1. The van der Waals surface area contributed by atoms with Crippen molar-refractivity contribution in [1.29, 1.82) is 0 Å². The number of nitrogens with one attached hydrogen (secondary N) is 1. The second kappa shape index (κ2) is 6.59. The second-order valence-corrected chi connectivity index (χ2v) is 6.28. The zero-order valence-corrected chi connectivity index (χ0v) is 12.6. The molecule has 2 aromatic carbocycles. The number of carbonyl (C=O) groups is 1. The van der Waals surface area contributed by atoms with Crippen LogP contribution in [0.2, 0.25) is 0 Å². The largest absolute Gasteiger partial charge is 0.465 e. The minimum atomic E-state index is -3.85. The van der Waals surface area contributed by atoms with Gasteiger partial charge in [0, 0.05) is 5.69 Å². The van der Waals surface area contributed by atoms with Crippen molar-refractivity contribution in [2.45, 2.75) is 18.4 Å². The highest BCUT2D eigenvalue weighted by molar-refractivity contribution is 7.86. The maximum Gasteiger partial charge on any atom is 0.409 e. The van der Waals surface area contributed by atoms with Gasteiger partial charge < -0.3 is 5.11 Å². The standard InChI is InChI=1S/C15H15NO5S/c1-11-5-7-14(8-6-11)22(19,20)21-10-12-3-2-4-13(9-12)16-15(17)18/h2-9,16H,10H2,1H3,(H,17,18). The number of benzene rings is 2. The topological polar surface area (TPSA) is 92.7 Å². The number of hydrogen-bond acceptors (Lipinski definition) is 4. The van der Waals surface area contributed by atoms with E-state index in [9.17, 15) is 13.2 Å². The van der Waals surface area contributed by atoms with Crippen molar-refractivity contribution in [3.63, 3.8) is 0 Å². The smallest absolute Gasteiger partial charge is 0.409 e. The van der Waals surface area contributed by atoms with Crippen molar-refractivity contribution >= 4 is 21.9 Å². The van der Waals surface area contributed by atoms with Gasteiger partial charge in [0.05, 0.1) is 11.5 Å². The van der Waals surface area contributed by atoms with Crippen LogP contribution in [-0.4, -0.2) is 19.6 Å². The lowest BCUT2D eigenvalue weighted by Gasteiger charge is -2.07. The van der Waals surface area contributed by atoms with Crippen molar-refractivity contribution in [2.75, 3.05) is 5.32 Å². The molecule has 2 aromatic rings. The predicted molar refractivity (Wildman–Crippen MR) is 81.2 cm³/mol. The molecule has 0 aliphatic rings. The van der Waals surface area contributed by atoms with E-state index in [1.165, 1.54) is 18.2 Å². The molecule has 0 aliphatic carbocycles. The van der Waals surface area contributed by atoms with E-state index in [4.69, 9.17) is 9.29 Å². The third kappa shape index (κ3) is 4.31. The molecule has 2 N–H and O–H groups in total. The summed E-state index contributed by atoms with van der Waals surface area (Å²) in [6.07, 6.45) is -1.19. The molecule has 0 spiro atoms. The Kier molecular flexibility index (Phi) is 4.79. The van der Waals surface area contributed by atoms with E-state index in [2.05, 4.69) is 5.32 Å². The fourth-order valence-corrected chi connectivity index (χ4v) is 2.68. The molecule has 0 saturated carbocycles. The fourth-order valence-electron chi connectivity index (χ4n) is 1.78. The Morgan fingerprint density at radius 1 is 1.18 bits per heavy atom. The van der Waals surface area contributed by atoms with Crippen LogP contribution in [-0.2, 0) is 20.9 Å². The van der Waals surface area contributed by atoms with Crippen LogP contribution in [0.15, 0.2) is 53.4 Å². The number of carboxylic acid groups (broad SMARTS) is 1. The molecule has 1 amide bonds. The van der Waals surface area contributed by atoms with Gasteiger partial charge in [-0.25, -0.2) is 4.79 Å². The zero-order chi connectivity index (χ0) is 16.2. The van der Waals surface area contributed by atoms with E-state index in [0.717, 1.165) is 5.56 Å². The van der Waals surface area contributed by atoms with Gasteiger partial charge in [0.1, 0.15) is 0 Å². The van der Waals surface area contributed by atoms with Crippen LogP contribution in [0.1, 0.15) is 11.1 Å². The lowest BCUT2D eigenvalue weighted by molar-refractivity contribution is 0.209. The van der Waals surface area contributed by atoms with Gasteiger partial charge in [0.2, 0.25) is 0 Å². The van der Waals surface area contributed by atoms with Gasteiger partial charge in [-0.2, -0.15) is 8.42 Å². The highest BCUT2D eigenvalue weighted by Crippen LogP contribution is 2.17. The lowest BCUT2D eigenvalue weighted by Crippen LogP contribution is -2.09. The van der Waals surface area contributed by atoms with Crippen LogP contribution in [0.3, 0.4) is 0 Å². The zero-order valence-electron chi connectivity index (χ0n) is 11.8. The molecule has 116 valence electrons. The van der Waals surface area contributed by atoms with Gasteiger partial charge in [0.25, 0.3) is 10.1 Å². The molecule has 2 rings (SSSR count). The average Bonchev–Trinajstić information content (AvgIpc) is 2.45. The Bertz CT molecular complexity index is 769. The summed E-state index contributed by atoms with van der Waals surface area (Å²) in [6, 6.07) is 12.7. The summed E-state index contributed by atoms with van der Waals surface area (Å²) in [5, 5.41) is 10.8. The van der Waals surface area contributed by atoms with Crippen molar-refractivity contribution < 1.29 is 22.5 Å². The third-order valence-corrected chi connectivity index (χ3v) is 4.15. The first-order valence-corrected chi connectivity index (χ1v) is 7.83. The van der Waals surface area contributed by atoms with E-state index >= 15 is 0 Å². The van der Waals surface area contributed by atoms with Gasteiger partial charge >= 0.3 is 6.09 Å². The quantitative estimate of drug-likeness (QED) is 0.826. The summed E-state index contributed by atoms with van der Waals surface area (Å²) >= 11 is 0. The van der Waals surface area contributed by atoms with Crippen LogP contribution in [0.4, 0.5) is 10.5 Å². The van der Waals surface area contributed by atoms with E-state index in [1.54, 1.807) is 30.3 Å². The summed E-state index contributed by atoms with van der Waals surface area (Å²) in [5.41, 5.74) is 1.84. The van der Waals surface area contributed by atoms with E-state index in [1.807, 2.05) is 6.92 Å². The SMILES string of the molecule is Cc1ccc(S(=O)(=O)OCc2cccc(NC(=O)O)c2)cc1. The second-order valence-electron chi connectivity index (χ2n) is 4.66. The Balaban J connectivity index is 2.08. The summed E-state index contributed by atoms with van der Waals surface area (Å²) < 4.78 is 29.1. The third-order valence-electron chi connectivity index (χ3n) is 2.87. The Labute approximate surface area is 128 Å². The van der Waals surface area contributed by atoms with Gasteiger partial charge in [-0.1, -0.05) is 29.8 Å². The molecule has 22 heavy (non-hydrogen) atoms. The van der Waals surface area contributed by atoms with Crippen molar-refractivity contribution in [1.82, 2.24) is 0 Å².